The zero-order valence-electron chi connectivity index (χ0n) is 22.0. The van der Waals surface area contributed by atoms with Crippen molar-refractivity contribution in [2.75, 3.05) is 37.4 Å². The van der Waals surface area contributed by atoms with Crippen molar-refractivity contribution >= 4 is 45.6 Å². The molecule has 0 unspecified atom stereocenters. The lowest BCUT2D eigenvalue weighted by atomic mass is 10.1. The minimum atomic E-state index is -0.500. The highest BCUT2D eigenvalue weighted by molar-refractivity contribution is 6.31. The molecule has 1 aliphatic heterocycles. The summed E-state index contributed by atoms with van der Waals surface area (Å²) < 4.78 is 25.7. The van der Waals surface area contributed by atoms with E-state index < -0.39 is 5.82 Å². The maximum Gasteiger partial charge on any atom is 0.248 e. The van der Waals surface area contributed by atoms with Gasteiger partial charge in [0, 0.05) is 42.9 Å². The molecule has 0 bridgehead atoms. The van der Waals surface area contributed by atoms with Crippen molar-refractivity contribution in [3.05, 3.63) is 59.7 Å². The Morgan fingerprint density at radius 3 is 2.82 bits per heavy atom. The number of halogens is 2. The number of amides is 1. The zero-order valence-corrected chi connectivity index (χ0v) is 22.7. The van der Waals surface area contributed by atoms with Crippen LogP contribution in [0.3, 0.4) is 0 Å². The lowest BCUT2D eigenvalue weighted by Gasteiger charge is -2.19. The van der Waals surface area contributed by atoms with Gasteiger partial charge in [0.1, 0.15) is 23.7 Å². The third-order valence-electron chi connectivity index (χ3n) is 7.00. The van der Waals surface area contributed by atoms with Crippen molar-refractivity contribution in [2.24, 2.45) is 0 Å². The average molecular weight is 554 g/mol. The average Bonchev–Trinajstić information content (AvgIpc) is 3.62. The minimum absolute atomic E-state index is 0.00626. The highest BCUT2D eigenvalue weighted by Crippen LogP contribution is 2.36. The quantitative estimate of drug-likeness (QED) is 0.294. The molecule has 10 heteroatoms. The number of likely N-dealkylation sites (N-methyl/N-ethyl adjacent to an activating group) is 1. The molecule has 8 nitrogen and oxygen atoms in total. The second kappa shape index (κ2) is 12.7. The number of carbonyl (C=O) groups is 1. The van der Waals surface area contributed by atoms with Crippen LogP contribution in [0.25, 0.3) is 10.9 Å². The van der Waals surface area contributed by atoms with Gasteiger partial charge in [0.15, 0.2) is 0 Å². The number of hydrogen-bond donors (Lipinski definition) is 2. The van der Waals surface area contributed by atoms with Crippen LogP contribution in [0.15, 0.2) is 48.8 Å². The van der Waals surface area contributed by atoms with Gasteiger partial charge in [-0.3, -0.25) is 4.79 Å². The fourth-order valence-electron chi connectivity index (χ4n) is 5.00. The van der Waals surface area contributed by atoms with Crippen LogP contribution in [0, 0.1) is 5.82 Å². The maximum absolute atomic E-state index is 13.6. The van der Waals surface area contributed by atoms with Crippen molar-refractivity contribution in [3.63, 3.8) is 0 Å². The first-order valence-corrected chi connectivity index (χ1v) is 13.8. The summed E-state index contributed by atoms with van der Waals surface area (Å²) in [4.78, 5) is 23.9. The van der Waals surface area contributed by atoms with Gasteiger partial charge in [-0.1, -0.05) is 17.7 Å². The van der Waals surface area contributed by atoms with Gasteiger partial charge >= 0.3 is 0 Å². The lowest BCUT2D eigenvalue weighted by Crippen LogP contribution is -2.28. The van der Waals surface area contributed by atoms with E-state index in [-0.39, 0.29) is 23.1 Å². The number of nitrogens with zero attached hydrogens (tertiary/aromatic N) is 3. The number of rotatable bonds is 10. The Morgan fingerprint density at radius 2 is 2.05 bits per heavy atom. The molecule has 1 atom stereocenters. The van der Waals surface area contributed by atoms with Gasteiger partial charge in [0.05, 0.1) is 28.4 Å². The first kappa shape index (κ1) is 27.3. The van der Waals surface area contributed by atoms with E-state index in [9.17, 15) is 9.18 Å². The molecule has 2 heterocycles. The fraction of sp³-hybridized carbons (Fsp3) is 0.414. The van der Waals surface area contributed by atoms with Crippen LogP contribution in [0.5, 0.6) is 5.75 Å². The molecule has 1 amide bonds. The number of carbonyl (C=O) groups excluding carboxylic acids is 1. The number of ether oxygens (including phenoxy) is 2. The van der Waals surface area contributed by atoms with Gasteiger partial charge < -0.3 is 25.0 Å². The molecular formula is C29H33ClFN5O3. The Kier molecular flexibility index (Phi) is 8.91. The van der Waals surface area contributed by atoms with Crippen molar-refractivity contribution in [1.82, 2.24) is 14.9 Å². The summed E-state index contributed by atoms with van der Waals surface area (Å²) in [6.07, 6.45) is 11.6. The molecule has 2 aromatic carbocycles. The number of nitrogens with one attached hydrogen (secondary N) is 2. The predicted molar refractivity (Wildman–Crippen MR) is 151 cm³/mol. The molecule has 5 rings (SSSR count). The van der Waals surface area contributed by atoms with Crippen LogP contribution in [0.1, 0.15) is 38.5 Å². The largest absolute Gasteiger partial charge is 0.488 e. The standard InChI is InChI=1S/C29H33ClFN5O3/c1-36(17-21-8-5-13-38-21)12-4-9-28(37)35-26-15-22-25(16-27(26)39-20-6-2-3-7-20)32-18-33-29(22)34-19-10-11-24(31)23(30)14-19/h4,9-11,14-16,18,20-21H,2-3,5-8,12-13,17H2,1H3,(H,35,37)(H,32,33,34)/b9-4+/t21-/m1/s1. The van der Waals surface area contributed by atoms with Gasteiger partial charge in [-0.25, -0.2) is 14.4 Å². The van der Waals surface area contributed by atoms with Crippen LogP contribution in [0.4, 0.5) is 21.6 Å². The normalized spacial score (nSPS) is 17.9. The van der Waals surface area contributed by atoms with Crippen LogP contribution < -0.4 is 15.4 Å². The molecule has 1 saturated heterocycles. The summed E-state index contributed by atoms with van der Waals surface area (Å²) in [7, 11) is 2.02. The topological polar surface area (TPSA) is 88.6 Å². The van der Waals surface area contributed by atoms with E-state index in [4.69, 9.17) is 21.1 Å². The molecule has 2 fully saturated rings. The highest BCUT2D eigenvalue weighted by Gasteiger charge is 2.20. The van der Waals surface area contributed by atoms with Crippen molar-refractivity contribution in [1.29, 1.82) is 0 Å². The van der Waals surface area contributed by atoms with E-state index in [1.54, 1.807) is 6.07 Å². The first-order valence-electron chi connectivity index (χ1n) is 13.4. The summed E-state index contributed by atoms with van der Waals surface area (Å²) in [5, 5.41) is 6.84. The van der Waals surface area contributed by atoms with Crippen LogP contribution in [-0.4, -0.2) is 59.7 Å². The Hall–Kier alpha value is -3.27. The van der Waals surface area contributed by atoms with Crippen molar-refractivity contribution in [2.45, 2.75) is 50.7 Å². The molecule has 1 aliphatic carbocycles. The maximum atomic E-state index is 13.6. The molecule has 1 saturated carbocycles. The molecule has 0 spiro atoms. The van der Waals surface area contributed by atoms with Crippen LogP contribution in [-0.2, 0) is 9.53 Å². The highest BCUT2D eigenvalue weighted by atomic mass is 35.5. The van der Waals surface area contributed by atoms with Crippen LogP contribution in [0.2, 0.25) is 5.02 Å². The third kappa shape index (κ3) is 7.23. The lowest BCUT2D eigenvalue weighted by molar-refractivity contribution is -0.111. The third-order valence-corrected chi connectivity index (χ3v) is 7.29. The number of fused-ring (bicyclic) bond motifs is 1. The summed E-state index contributed by atoms with van der Waals surface area (Å²) >= 11 is 5.96. The van der Waals surface area contributed by atoms with Crippen LogP contribution >= 0.6 is 11.6 Å². The number of aromatic nitrogens is 2. The van der Waals surface area contributed by atoms with Crippen molar-refractivity contribution < 1.29 is 18.7 Å². The van der Waals surface area contributed by atoms with E-state index in [1.807, 2.05) is 25.3 Å². The SMILES string of the molecule is CN(C/C=C/C(=O)Nc1cc2c(Nc3ccc(F)c(Cl)c3)ncnc2cc1OC1CCCC1)C[C@H]1CCCO1. The summed E-state index contributed by atoms with van der Waals surface area (Å²) in [6.45, 7) is 2.30. The van der Waals surface area contributed by atoms with E-state index in [1.165, 1.54) is 24.5 Å². The Morgan fingerprint density at radius 1 is 1.21 bits per heavy atom. The van der Waals surface area contributed by atoms with E-state index >= 15 is 0 Å². The smallest absolute Gasteiger partial charge is 0.248 e. The zero-order chi connectivity index (χ0) is 27.2. The molecule has 2 N–H and O–H groups in total. The van der Waals surface area contributed by atoms with Gasteiger partial charge in [-0.15, -0.1) is 0 Å². The van der Waals surface area contributed by atoms with Gasteiger partial charge in [-0.2, -0.15) is 0 Å². The summed E-state index contributed by atoms with van der Waals surface area (Å²) in [5.74, 6) is 0.311. The van der Waals surface area contributed by atoms with E-state index in [2.05, 4.69) is 25.5 Å². The Bertz CT molecular complexity index is 1340. The second-order valence-electron chi connectivity index (χ2n) is 10.1. The Balaban J connectivity index is 1.36. The molecular weight excluding hydrogens is 521 g/mol. The molecule has 206 valence electrons. The first-order chi connectivity index (χ1) is 18.9. The van der Waals surface area contributed by atoms with Gasteiger partial charge in [0.2, 0.25) is 5.91 Å². The number of anilines is 3. The second-order valence-corrected chi connectivity index (χ2v) is 10.5. The summed E-state index contributed by atoms with van der Waals surface area (Å²) in [6, 6.07) is 7.99. The molecule has 0 radical (unpaired) electrons. The molecule has 39 heavy (non-hydrogen) atoms. The van der Waals surface area contributed by atoms with E-state index in [0.717, 1.165) is 51.7 Å². The van der Waals surface area contributed by atoms with Crippen molar-refractivity contribution in [3.8, 4) is 5.75 Å². The van der Waals surface area contributed by atoms with E-state index in [0.29, 0.717) is 40.4 Å². The molecule has 2 aliphatic rings. The predicted octanol–water partition coefficient (Wildman–Crippen LogP) is 6.09. The summed E-state index contributed by atoms with van der Waals surface area (Å²) in [5.41, 5.74) is 1.76. The molecule has 1 aromatic heterocycles. The number of hydrogen-bond acceptors (Lipinski definition) is 7. The molecule has 3 aromatic rings. The van der Waals surface area contributed by atoms with Gasteiger partial charge in [-0.05, 0) is 69.8 Å². The fourth-order valence-corrected chi connectivity index (χ4v) is 5.18. The number of benzene rings is 2. The minimum Gasteiger partial charge on any atom is -0.488 e. The van der Waals surface area contributed by atoms with Gasteiger partial charge in [0.25, 0.3) is 0 Å². The Labute approximate surface area is 232 Å². The monoisotopic (exact) mass is 553 g/mol.